The van der Waals surface area contributed by atoms with E-state index < -0.39 is 0 Å². The van der Waals surface area contributed by atoms with Crippen LogP contribution in [0.25, 0.3) is 11.3 Å². The summed E-state index contributed by atoms with van der Waals surface area (Å²) < 4.78 is 10.8. The third-order valence-corrected chi connectivity index (χ3v) is 3.75. The first-order valence-corrected chi connectivity index (χ1v) is 7.48. The first-order valence-electron chi connectivity index (χ1n) is 7.48. The SMILES string of the molecule is COc1ccc(C)cc1-c1cc(C#N)nc(N2CCOCC2)n1. The molecule has 0 bridgehead atoms. The fourth-order valence-electron chi connectivity index (χ4n) is 2.56. The number of rotatable bonds is 3. The summed E-state index contributed by atoms with van der Waals surface area (Å²) in [6, 6.07) is 9.71. The molecule has 1 saturated heterocycles. The van der Waals surface area contributed by atoms with Crippen molar-refractivity contribution in [1.29, 1.82) is 5.26 Å². The molecule has 2 heterocycles. The summed E-state index contributed by atoms with van der Waals surface area (Å²) >= 11 is 0. The van der Waals surface area contributed by atoms with E-state index in [1.54, 1.807) is 13.2 Å². The van der Waals surface area contributed by atoms with Crippen LogP contribution in [0.2, 0.25) is 0 Å². The van der Waals surface area contributed by atoms with Crippen molar-refractivity contribution in [2.24, 2.45) is 0 Å². The average molecular weight is 310 g/mol. The number of aromatic nitrogens is 2. The lowest BCUT2D eigenvalue weighted by molar-refractivity contribution is 0.122. The van der Waals surface area contributed by atoms with Crippen LogP contribution in [-0.2, 0) is 4.74 Å². The molecule has 0 amide bonds. The van der Waals surface area contributed by atoms with Crippen LogP contribution in [-0.4, -0.2) is 43.4 Å². The quantitative estimate of drug-likeness (QED) is 0.865. The van der Waals surface area contributed by atoms with Crippen molar-refractivity contribution < 1.29 is 9.47 Å². The highest BCUT2D eigenvalue weighted by Gasteiger charge is 2.17. The van der Waals surface area contributed by atoms with E-state index in [9.17, 15) is 5.26 Å². The minimum Gasteiger partial charge on any atom is -0.496 e. The number of hydrogen-bond donors (Lipinski definition) is 0. The highest BCUT2D eigenvalue weighted by molar-refractivity contribution is 5.69. The van der Waals surface area contributed by atoms with Gasteiger partial charge in [0.15, 0.2) is 0 Å². The number of benzene rings is 1. The molecule has 1 fully saturated rings. The fraction of sp³-hybridized carbons (Fsp3) is 0.353. The van der Waals surface area contributed by atoms with Gasteiger partial charge in [-0.05, 0) is 19.1 Å². The number of anilines is 1. The fourth-order valence-corrected chi connectivity index (χ4v) is 2.56. The van der Waals surface area contributed by atoms with Gasteiger partial charge >= 0.3 is 0 Å². The Morgan fingerprint density at radius 3 is 2.70 bits per heavy atom. The van der Waals surface area contributed by atoms with Gasteiger partial charge in [-0.15, -0.1) is 0 Å². The molecule has 118 valence electrons. The zero-order valence-electron chi connectivity index (χ0n) is 13.2. The molecule has 1 aliphatic heterocycles. The molecular weight excluding hydrogens is 292 g/mol. The van der Waals surface area contributed by atoms with E-state index >= 15 is 0 Å². The van der Waals surface area contributed by atoms with Crippen molar-refractivity contribution in [3.63, 3.8) is 0 Å². The summed E-state index contributed by atoms with van der Waals surface area (Å²) in [7, 11) is 1.63. The molecule has 1 aromatic heterocycles. The zero-order chi connectivity index (χ0) is 16.2. The Bertz CT molecular complexity index is 749. The first kappa shape index (κ1) is 15.3. The van der Waals surface area contributed by atoms with E-state index in [1.165, 1.54) is 0 Å². The molecule has 6 nitrogen and oxygen atoms in total. The molecule has 6 heteroatoms. The Morgan fingerprint density at radius 2 is 2.00 bits per heavy atom. The second-order valence-corrected chi connectivity index (χ2v) is 5.35. The summed E-state index contributed by atoms with van der Waals surface area (Å²) in [4.78, 5) is 11.0. The maximum Gasteiger partial charge on any atom is 0.227 e. The van der Waals surface area contributed by atoms with E-state index in [1.807, 2.05) is 30.0 Å². The van der Waals surface area contributed by atoms with Crippen LogP contribution in [0.15, 0.2) is 24.3 Å². The molecule has 0 saturated carbocycles. The van der Waals surface area contributed by atoms with Gasteiger partial charge in [-0.1, -0.05) is 11.6 Å². The van der Waals surface area contributed by atoms with Crippen LogP contribution in [0, 0.1) is 18.3 Å². The Labute approximate surface area is 135 Å². The van der Waals surface area contributed by atoms with E-state index in [-0.39, 0.29) is 0 Å². The number of hydrogen-bond acceptors (Lipinski definition) is 6. The molecule has 0 atom stereocenters. The van der Waals surface area contributed by atoms with E-state index in [2.05, 4.69) is 16.0 Å². The molecule has 0 radical (unpaired) electrons. The highest BCUT2D eigenvalue weighted by Crippen LogP contribution is 2.31. The molecule has 0 N–H and O–H groups in total. The summed E-state index contributed by atoms with van der Waals surface area (Å²) in [5, 5.41) is 9.30. The van der Waals surface area contributed by atoms with Gasteiger partial charge in [0.05, 0.1) is 26.0 Å². The standard InChI is InChI=1S/C17H18N4O2/c1-12-3-4-16(22-2)14(9-12)15-10-13(11-18)19-17(20-15)21-5-7-23-8-6-21/h3-4,9-10H,5-8H2,1-2H3. The van der Waals surface area contributed by atoms with Crippen LogP contribution in [0.5, 0.6) is 5.75 Å². The maximum atomic E-state index is 9.30. The van der Waals surface area contributed by atoms with Crippen LogP contribution in [0.3, 0.4) is 0 Å². The number of methoxy groups -OCH3 is 1. The lowest BCUT2D eigenvalue weighted by Gasteiger charge is -2.27. The molecule has 0 aliphatic carbocycles. The van der Waals surface area contributed by atoms with Crippen molar-refractivity contribution in [3.05, 3.63) is 35.5 Å². The third-order valence-electron chi connectivity index (χ3n) is 3.75. The monoisotopic (exact) mass is 310 g/mol. The molecule has 2 aromatic rings. The van der Waals surface area contributed by atoms with E-state index in [0.29, 0.717) is 30.5 Å². The number of morpholine rings is 1. The second kappa shape index (κ2) is 6.63. The topological polar surface area (TPSA) is 71.3 Å². The van der Waals surface area contributed by atoms with Gasteiger partial charge in [-0.3, -0.25) is 0 Å². The minimum absolute atomic E-state index is 0.347. The molecule has 3 rings (SSSR count). The second-order valence-electron chi connectivity index (χ2n) is 5.35. The van der Waals surface area contributed by atoms with Crippen LogP contribution < -0.4 is 9.64 Å². The summed E-state index contributed by atoms with van der Waals surface area (Å²) in [5.74, 6) is 1.29. The van der Waals surface area contributed by atoms with Crippen LogP contribution in [0.1, 0.15) is 11.3 Å². The lowest BCUT2D eigenvalue weighted by atomic mass is 10.1. The van der Waals surface area contributed by atoms with Crippen molar-refractivity contribution in [1.82, 2.24) is 9.97 Å². The molecule has 0 spiro atoms. The Morgan fingerprint density at radius 1 is 1.22 bits per heavy atom. The predicted molar refractivity (Wildman–Crippen MR) is 86.5 cm³/mol. The lowest BCUT2D eigenvalue weighted by Crippen LogP contribution is -2.37. The number of ether oxygens (including phenoxy) is 2. The predicted octanol–water partition coefficient (Wildman–Crippen LogP) is 2.17. The normalized spacial score (nSPS) is 14.4. The van der Waals surface area contributed by atoms with Gasteiger partial charge in [0.1, 0.15) is 17.5 Å². The largest absolute Gasteiger partial charge is 0.496 e. The Hall–Kier alpha value is -2.65. The van der Waals surface area contributed by atoms with Gasteiger partial charge in [-0.25, -0.2) is 9.97 Å². The molecule has 1 aromatic carbocycles. The molecular formula is C17H18N4O2. The van der Waals surface area contributed by atoms with E-state index in [0.717, 1.165) is 30.0 Å². The maximum absolute atomic E-state index is 9.30. The van der Waals surface area contributed by atoms with Gasteiger partial charge < -0.3 is 14.4 Å². The van der Waals surface area contributed by atoms with E-state index in [4.69, 9.17) is 9.47 Å². The Balaban J connectivity index is 2.09. The van der Waals surface area contributed by atoms with Crippen molar-refractivity contribution >= 4 is 5.95 Å². The summed E-state index contributed by atoms with van der Waals surface area (Å²) in [6.45, 7) is 4.74. The number of nitriles is 1. The molecule has 0 unspecified atom stereocenters. The van der Waals surface area contributed by atoms with Crippen molar-refractivity contribution in [3.8, 4) is 23.1 Å². The molecule has 1 aliphatic rings. The zero-order valence-corrected chi connectivity index (χ0v) is 13.2. The number of nitrogens with zero attached hydrogens (tertiary/aromatic N) is 4. The number of aryl methyl sites for hydroxylation is 1. The van der Waals surface area contributed by atoms with Crippen LogP contribution >= 0.6 is 0 Å². The average Bonchev–Trinajstić information content (AvgIpc) is 2.62. The summed E-state index contributed by atoms with van der Waals surface area (Å²) in [6.07, 6.45) is 0. The van der Waals surface area contributed by atoms with Crippen molar-refractivity contribution in [2.75, 3.05) is 38.3 Å². The third kappa shape index (κ3) is 3.25. The summed E-state index contributed by atoms with van der Waals surface area (Å²) in [5.41, 5.74) is 3.00. The minimum atomic E-state index is 0.347. The highest BCUT2D eigenvalue weighted by atomic mass is 16.5. The molecule has 23 heavy (non-hydrogen) atoms. The Kier molecular flexibility index (Phi) is 4.40. The smallest absolute Gasteiger partial charge is 0.227 e. The van der Waals surface area contributed by atoms with Crippen molar-refractivity contribution in [2.45, 2.75) is 6.92 Å². The van der Waals surface area contributed by atoms with Gasteiger partial charge in [0, 0.05) is 24.7 Å². The van der Waals surface area contributed by atoms with Gasteiger partial charge in [0.2, 0.25) is 5.95 Å². The van der Waals surface area contributed by atoms with Gasteiger partial charge in [-0.2, -0.15) is 5.26 Å². The van der Waals surface area contributed by atoms with Gasteiger partial charge in [0.25, 0.3) is 0 Å². The first-order chi connectivity index (χ1) is 11.2. The van der Waals surface area contributed by atoms with Crippen LogP contribution in [0.4, 0.5) is 5.95 Å².